The highest BCUT2D eigenvalue weighted by Crippen LogP contribution is 2.06. The van der Waals surface area contributed by atoms with Gasteiger partial charge >= 0.3 is 6.03 Å². The van der Waals surface area contributed by atoms with Crippen molar-refractivity contribution in [1.82, 2.24) is 14.5 Å². The van der Waals surface area contributed by atoms with Crippen LogP contribution in [0.25, 0.3) is 0 Å². The second kappa shape index (κ2) is 4.96. The number of carbonyl (C=O) groups is 1. The van der Waals surface area contributed by atoms with E-state index in [1.165, 1.54) is 10.9 Å². The third kappa shape index (κ3) is 3.08. The van der Waals surface area contributed by atoms with Crippen molar-refractivity contribution < 1.29 is 4.79 Å². The fraction of sp³-hybridized carbons (Fsp3) is 0.636. The van der Waals surface area contributed by atoms with Gasteiger partial charge in [0.05, 0.1) is 0 Å². The maximum Gasteiger partial charge on any atom is 0.329 e. The number of hydrogen-bond acceptors (Lipinski definition) is 2. The Kier molecular flexibility index (Phi) is 3.88. The molecule has 0 radical (unpaired) electrons. The zero-order chi connectivity index (χ0) is 11.4. The molecule has 4 heteroatoms. The first-order valence-electron chi connectivity index (χ1n) is 5.31. The number of amides is 1. The Bertz CT molecular complexity index is 304. The summed E-state index contributed by atoms with van der Waals surface area (Å²) >= 11 is 0. The van der Waals surface area contributed by atoms with Gasteiger partial charge in [-0.05, 0) is 19.8 Å². The predicted octanol–water partition coefficient (Wildman–Crippen LogP) is 2.22. The minimum Gasteiger partial charge on any atom is -0.321 e. The average Bonchev–Trinajstić information content (AvgIpc) is 2.65. The molecule has 0 saturated carbocycles. The van der Waals surface area contributed by atoms with Gasteiger partial charge in [0.25, 0.3) is 0 Å². The lowest BCUT2D eigenvalue weighted by molar-refractivity contribution is 0.176. The first-order valence-corrected chi connectivity index (χ1v) is 5.31. The van der Waals surface area contributed by atoms with Crippen molar-refractivity contribution in [2.24, 2.45) is 5.92 Å². The summed E-state index contributed by atoms with van der Waals surface area (Å²) < 4.78 is 1.52. The van der Waals surface area contributed by atoms with E-state index in [-0.39, 0.29) is 12.1 Å². The minimum atomic E-state index is -0.00352. The maximum atomic E-state index is 12.0. The Morgan fingerprint density at radius 1 is 1.40 bits per heavy atom. The summed E-state index contributed by atoms with van der Waals surface area (Å²) in [5.41, 5.74) is 0. The molecule has 4 nitrogen and oxygen atoms in total. The normalized spacial score (nSPS) is 11.1. The van der Waals surface area contributed by atoms with E-state index < -0.39 is 0 Å². The van der Waals surface area contributed by atoms with E-state index in [2.05, 4.69) is 18.8 Å². The Hall–Kier alpha value is -1.32. The van der Waals surface area contributed by atoms with Crippen LogP contribution in [0.15, 0.2) is 18.7 Å². The number of nitrogens with zero attached hydrogens (tertiary/aromatic N) is 3. The molecule has 0 saturated heterocycles. The molecule has 0 spiro atoms. The molecule has 0 aliphatic carbocycles. The molecule has 84 valence electrons. The third-order valence-electron chi connectivity index (χ3n) is 2.16. The standard InChI is InChI=1S/C11H19N3O/c1-9(2)7-14(10(3)4)11(15)13-6-5-12-8-13/h5-6,8-10H,7H2,1-4H3. The fourth-order valence-electron chi connectivity index (χ4n) is 1.42. The molecule has 0 bridgehead atoms. The molecule has 1 aromatic heterocycles. The van der Waals surface area contributed by atoms with Crippen LogP contribution in [0.3, 0.4) is 0 Å². The molecule has 0 unspecified atom stereocenters. The lowest BCUT2D eigenvalue weighted by Crippen LogP contribution is -2.41. The van der Waals surface area contributed by atoms with Crippen LogP contribution in [0.2, 0.25) is 0 Å². The summed E-state index contributed by atoms with van der Waals surface area (Å²) in [6, 6.07) is 0.207. The number of aromatic nitrogens is 2. The van der Waals surface area contributed by atoms with Gasteiger partial charge in [0.2, 0.25) is 0 Å². The molecule has 0 fully saturated rings. The average molecular weight is 209 g/mol. The van der Waals surface area contributed by atoms with Gasteiger partial charge in [-0.1, -0.05) is 13.8 Å². The molecular formula is C11H19N3O. The van der Waals surface area contributed by atoms with Crippen LogP contribution in [0.5, 0.6) is 0 Å². The summed E-state index contributed by atoms with van der Waals surface area (Å²) in [6.45, 7) is 9.04. The highest BCUT2D eigenvalue weighted by atomic mass is 16.2. The first-order chi connectivity index (χ1) is 7.02. The molecule has 1 amide bonds. The SMILES string of the molecule is CC(C)CN(C(=O)n1ccnc1)C(C)C. The van der Waals surface area contributed by atoms with E-state index >= 15 is 0 Å². The van der Waals surface area contributed by atoms with E-state index in [1.807, 2.05) is 18.7 Å². The molecule has 1 aromatic rings. The molecular weight excluding hydrogens is 190 g/mol. The second-order valence-electron chi connectivity index (χ2n) is 4.39. The Morgan fingerprint density at radius 2 is 2.07 bits per heavy atom. The monoisotopic (exact) mass is 209 g/mol. The fourth-order valence-corrected chi connectivity index (χ4v) is 1.42. The Balaban J connectivity index is 2.76. The summed E-state index contributed by atoms with van der Waals surface area (Å²) in [4.78, 5) is 17.8. The number of rotatable bonds is 3. The van der Waals surface area contributed by atoms with E-state index in [0.29, 0.717) is 5.92 Å². The van der Waals surface area contributed by atoms with E-state index in [1.54, 1.807) is 12.4 Å². The summed E-state index contributed by atoms with van der Waals surface area (Å²) in [5, 5.41) is 0. The smallest absolute Gasteiger partial charge is 0.321 e. The summed E-state index contributed by atoms with van der Waals surface area (Å²) in [5.74, 6) is 0.472. The zero-order valence-electron chi connectivity index (χ0n) is 9.84. The van der Waals surface area contributed by atoms with Crippen molar-refractivity contribution in [3.05, 3.63) is 18.7 Å². The molecule has 0 N–H and O–H groups in total. The van der Waals surface area contributed by atoms with Gasteiger partial charge in [-0.15, -0.1) is 0 Å². The van der Waals surface area contributed by atoms with Crippen LogP contribution in [0.1, 0.15) is 27.7 Å². The lowest BCUT2D eigenvalue weighted by atomic mass is 10.2. The zero-order valence-corrected chi connectivity index (χ0v) is 9.84. The van der Waals surface area contributed by atoms with Gasteiger partial charge in [0, 0.05) is 25.0 Å². The third-order valence-corrected chi connectivity index (χ3v) is 2.16. The van der Waals surface area contributed by atoms with E-state index in [9.17, 15) is 4.79 Å². The number of carbonyl (C=O) groups excluding carboxylic acids is 1. The molecule has 15 heavy (non-hydrogen) atoms. The molecule has 0 atom stereocenters. The molecule has 0 aliphatic rings. The van der Waals surface area contributed by atoms with Crippen molar-refractivity contribution in [3.8, 4) is 0 Å². The Morgan fingerprint density at radius 3 is 2.47 bits per heavy atom. The maximum absolute atomic E-state index is 12.0. The largest absolute Gasteiger partial charge is 0.329 e. The Labute approximate surface area is 90.9 Å². The summed E-state index contributed by atoms with van der Waals surface area (Å²) in [7, 11) is 0. The minimum absolute atomic E-state index is 0.00352. The highest BCUT2D eigenvalue weighted by Gasteiger charge is 2.18. The van der Waals surface area contributed by atoms with Gasteiger partial charge in [0.15, 0.2) is 0 Å². The van der Waals surface area contributed by atoms with Crippen LogP contribution in [0, 0.1) is 5.92 Å². The van der Waals surface area contributed by atoms with Crippen LogP contribution in [0.4, 0.5) is 4.79 Å². The second-order valence-corrected chi connectivity index (χ2v) is 4.39. The first kappa shape index (κ1) is 11.8. The predicted molar refractivity (Wildman–Crippen MR) is 59.7 cm³/mol. The molecule has 1 heterocycles. The van der Waals surface area contributed by atoms with Crippen molar-refractivity contribution >= 4 is 6.03 Å². The highest BCUT2D eigenvalue weighted by molar-refractivity contribution is 5.76. The van der Waals surface area contributed by atoms with Crippen molar-refractivity contribution in [3.63, 3.8) is 0 Å². The van der Waals surface area contributed by atoms with Gasteiger partial charge in [-0.2, -0.15) is 0 Å². The number of hydrogen-bond donors (Lipinski definition) is 0. The number of imidazole rings is 1. The van der Waals surface area contributed by atoms with Gasteiger partial charge in [0.1, 0.15) is 6.33 Å². The van der Waals surface area contributed by atoms with Gasteiger partial charge < -0.3 is 4.90 Å². The topological polar surface area (TPSA) is 38.1 Å². The molecule has 0 aliphatic heterocycles. The van der Waals surface area contributed by atoms with Crippen molar-refractivity contribution in [2.75, 3.05) is 6.54 Å². The van der Waals surface area contributed by atoms with Crippen LogP contribution in [-0.4, -0.2) is 33.1 Å². The van der Waals surface area contributed by atoms with Gasteiger partial charge in [-0.3, -0.25) is 4.57 Å². The lowest BCUT2D eigenvalue weighted by Gasteiger charge is -2.28. The van der Waals surface area contributed by atoms with E-state index in [4.69, 9.17) is 0 Å². The molecule has 0 aromatic carbocycles. The van der Waals surface area contributed by atoms with E-state index in [0.717, 1.165) is 6.54 Å². The van der Waals surface area contributed by atoms with Crippen molar-refractivity contribution in [2.45, 2.75) is 33.7 Å². The quantitative estimate of drug-likeness (QED) is 0.765. The van der Waals surface area contributed by atoms with Crippen LogP contribution >= 0.6 is 0 Å². The van der Waals surface area contributed by atoms with Crippen LogP contribution < -0.4 is 0 Å². The molecule has 1 rings (SSSR count). The van der Waals surface area contributed by atoms with Crippen molar-refractivity contribution in [1.29, 1.82) is 0 Å². The summed E-state index contributed by atoms with van der Waals surface area (Å²) in [6.07, 6.45) is 4.84. The van der Waals surface area contributed by atoms with Crippen LogP contribution in [-0.2, 0) is 0 Å². The van der Waals surface area contributed by atoms with Gasteiger partial charge in [-0.25, -0.2) is 9.78 Å².